The van der Waals surface area contributed by atoms with Crippen molar-refractivity contribution in [2.45, 2.75) is 13.5 Å². The van der Waals surface area contributed by atoms with E-state index in [1.54, 1.807) is 24.3 Å². The van der Waals surface area contributed by atoms with Gasteiger partial charge < -0.3 is 4.84 Å². The fraction of sp³-hybridized carbons (Fsp3) is 0.0952. The number of rotatable bonds is 5. The SMILES string of the molecule is Cc1ccc2nc(NC(=O)c3cccn(OCc4cccc(Cl)c4)c3=O)sc2c1. The number of aromatic nitrogens is 2. The van der Waals surface area contributed by atoms with Gasteiger partial charge in [0.2, 0.25) is 0 Å². The topological polar surface area (TPSA) is 73.2 Å². The molecule has 6 nitrogen and oxygen atoms in total. The summed E-state index contributed by atoms with van der Waals surface area (Å²) in [5.41, 5.74) is 2.13. The lowest BCUT2D eigenvalue weighted by atomic mass is 10.2. The Hall–Kier alpha value is -3.16. The highest BCUT2D eigenvalue weighted by Gasteiger charge is 2.15. The zero-order valence-corrected chi connectivity index (χ0v) is 17.0. The predicted molar refractivity (Wildman–Crippen MR) is 115 cm³/mol. The largest absolute Gasteiger partial charge is 0.406 e. The number of amides is 1. The molecule has 0 aliphatic rings. The normalized spacial score (nSPS) is 10.8. The summed E-state index contributed by atoms with van der Waals surface area (Å²) in [6, 6.07) is 16.0. The molecule has 0 unspecified atom stereocenters. The Morgan fingerprint density at radius 1 is 1.21 bits per heavy atom. The van der Waals surface area contributed by atoms with Gasteiger partial charge in [0.05, 0.1) is 10.2 Å². The summed E-state index contributed by atoms with van der Waals surface area (Å²) >= 11 is 7.32. The van der Waals surface area contributed by atoms with Crippen LogP contribution in [0.3, 0.4) is 0 Å². The molecule has 0 aliphatic heterocycles. The van der Waals surface area contributed by atoms with Gasteiger partial charge in [-0.25, -0.2) is 4.98 Å². The molecule has 2 aromatic carbocycles. The van der Waals surface area contributed by atoms with E-state index in [4.69, 9.17) is 16.4 Å². The molecule has 0 fully saturated rings. The van der Waals surface area contributed by atoms with Crippen molar-refractivity contribution in [3.63, 3.8) is 0 Å². The van der Waals surface area contributed by atoms with Gasteiger partial charge in [0.15, 0.2) is 5.13 Å². The van der Waals surface area contributed by atoms with Gasteiger partial charge in [-0.15, -0.1) is 0 Å². The third-order valence-corrected chi connectivity index (χ3v) is 5.35. The highest BCUT2D eigenvalue weighted by molar-refractivity contribution is 7.22. The molecular weight excluding hydrogens is 410 g/mol. The number of nitrogens with one attached hydrogen (secondary N) is 1. The third-order valence-electron chi connectivity index (χ3n) is 4.18. The first-order valence-electron chi connectivity index (χ1n) is 8.77. The zero-order valence-electron chi connectivity index (χ0n) is 15.4. The zero-order chi connectivity index (χ0) is 20.4. The molecule has 2 aromatic heterocycles. The summed E-state index contributed by atoms with van der Waals surface area (Å²) in [7, 11) is 0. The number of halogens is 1. The number of benzene rings is 2. The standard InChI is InChI=1S/C21H16ClN3O3S/c1-13-7-8-17-18(10-13)29-21(23-17)24-19(26)16-6-3-9-25(20(16)27)28-12-14-4-2-5-15(22)11-14/h2-11H,12H2,1H3,(H,23,24,26). The van der Waals surface area contributed by atoms with Crippen molar-refractivity contribution in [3.05, 3.63) is 92.9 Å². The molecule has 0 saturated carbocycles. The number of fused-ring (bicyclic) bond motifs is 1. The first kappa shape index (κ1) is 19.2. The average molecular weight is 426 g/mol. The molecule has 0 radical (unpaired) electrons. The highest BCUT2D eigenvalue weighted by Crippen LogP contribution is 2.26. The van der Waals surface area contributed by atoms with E-state index >= 15 is 0 Å². The summed E-state index contributed by atoms with van der Waals surface area (Å²) < 4.78 is 2.01. The monoisotopic (exact) mass is 425 g/mol. The van der Waals surface area contributed by atoms with Crippen molar-refractivity contribution in [2.75, 3.05) is 5.32 Å². The summed E-state index contributed by atoms with van der Waals surface area (Å²) in [6.45, 7) is 2.13. The average Bonchev–Trinajstić information content (AvgIpc) is 3.08. The second-order valence-electron chi connectivity index (χ2n) is 6.40. The van der Waals surface area contributed by atoms with E-state index in [1.165, 1.54) is 23.6 Å². The van der Waals surface area contributed by atoms with E-state index in [2.05, 4.69) is 10.3 Å². The van der Waals surface area contributed by atoms with Gasteiger partial charge in [-0.05, 0) is 54.4 Å². The number of carbonyl (C=O) groups excluding carboxylic acids is 1. The molecule has 0 aliphatic carbocycles. The van der Waals surface area contributed by atoms with Crippen LogP contribution in [0, 0.1) is 6.92 Å². The minimum atomic E-state index is -0.552. The van der Waals surface area contributed by atoms with Crippen LogP contribution in [0.2, 0.25) is 5.02 Å². The molecule has 146 valence electrons. The van der Waals surface area contributed by atoms with Crippen LogP contribution < -0.4 is 15.7 Å². The number of anilines is 1. The second-order valence-corrected chi connectivity index (χ2v) is 7.87. The van der Waals surface area contributed by atoms with Crippen molar-refractivity contribution < 1.29 is 9.63 Å². The molecule has 4 rings (SSSR count). The molecule has 29 heavy (non-hydrogen) atoms. The molecular formula is C21H16ClN3O3S. The Morgan fingerprint density at radius 2 is 2.07 bits per heavy atom. The van der Waals surface area contributed by atoms with Crippen LogP contribution in [-0.2, 0) is 6.61 Å². The van der Waals surface area contributed by atoms with Crippen molar-refractivity contribution in [2.24, 2.45) is 0 Å². The third kappa shape index (κ3) is 4.31. The summed E-state index contributed by atoms with van der Waals surface area (Å²) in [4.78, 5) is 35.2. The van der Waals surface area contributed by atoms with Crippen LogP contribution >= 0.6 is 22.9 Å². The van der Waals surface area contributed by atoms with E-state index in [0.29, 0.717) is 10.2 Å². The Balaban J connectivity index is 1.52. The van der Waals surface area contributed by atoms with Crippen molar-refractivity contribution in [3.8, 4) is 0 Å². The molecule has 0 bridgehead atoms. The summed E-state index contributed by atoms with van der Waals surface area (Å²) in [6.07, 6.45) is 1.46. The maximum atomic E-state index is 12.6. The number of aryl methyl sites for hydroxylation is 1. The van der Waals surface area contributed by atoms with Crippen LogP contribution in [0.1, 0.15) is 21.5 Å². The van der Waals surface area contributed by atoms with E-state index in [-0.39, 0.29) is 12.2 Å². The lowest BCUT2D eigenvalue weighted by molar-refractivity contribution is 0.0863. The highest BCUT2D eigenvalue weighted by atomic mass is 35.5. The van der Waals surface area contributed by atoms with E-state index in [1.807, 2.05) is 31.2 Å². The van der Waals surface area contributed by atoms with Gasteiger partial charge in [0.25, 0.3) is 11.5 Å². The number of hydrogen-bond donors (Lipinski definition) is 1. The quantitative estimate of drug-likeness (QED) is 0.517. The Morgan fingerprint density at radius 3 is 2.90 bits per heavy atom. The lowest BCUT2D eigenvalue weighted by Crippen LogP contribution is -2.32. The summed E-state index contributed by atoms with van der Waals surface area (Å²) in [5, 5.41) is 3.72. The van der Waals surface area contributed by atoms with Crippen LogP contribution in [0.4, 0.5) is 5.13 Å². The fourth-order valence-corrected chi connectivity index (χ4v) is 3.94. The predicted octanol–water partition coefficient (Wildman–Crippen LogP) is 4.30. The minimum absolute atomic E-state index is 0.0333. The maximum Gasteiger partial charge on any atom is 0.295 e. The molecule has 8 heteroatoms. The lowest BCUT2D eigenvalue weighted by Gasteiger charge is -2.10. The Labute approximate surface area is 175 Å². The summed E-state index contributed by atoms with van der Waals surface area (Å²) in [5.74, 6) is -0.536. The molecule has 1 amide bonds. The number of pyridine rings is 1. The van der Waals surface area contributed by atoms with E-state index < -0.39 is 11.5 Å². The van der Waals surface area contributed by atoms with Crippen molar-refractivity contribution >= 4 is 44.2 Å². The minimum Gasteiger partial charge on any atom is -0.406 e. The van der Waals surface area contributed by atoms with Gasteiger partial charge in [-0.1, -0.05) is 41.1 Å². The van der Waals surface area contributed by atoms with Crippen LogP contribution in [0.15, 0.2) is 65.6 Å². The van der Waals surface area contributed by atoms with Crippen molar-refractivity contribution in [1.82, 2.24) is 9.71 Å². The Bertz CT molecular complexity index is 1270. The molecule has 0 atom stereocenters. The Kier molecular flexibility index (Phi) is 5.33. The number of nitrogens with zero attached hydrogens (tertiary/aromatic N) is 2. The smallest absolute Gasteiger partial charge is 0.295 e. The van der Waals surface area contributed by atoms with Gasteiger partial charge >= 0.3 is 0 Å². The van der Waals surface area contributed by atoms with Crippen LogP contribution in [0.25, 0.3) is 10.2 Å². The second kappa shape index (κ2) is 8.06. The fourth-order valence-electron chi connectivity index (χ4n) is 2.77. The van der Waals surface area contributed by atoms with Crippen molar-refractivity contribution in [1.29, 1.82) is 0 Å². The molecule has 0 spiro atoms. The van der Waals surface area contributed by atoms with E-state index in [9.17, 15) is 9.59 Å². The molecule has 4 aromatic rings. The number of hydrogen-bond acceptors (Lipinski definition) is 5. The van der Waals surface area contributed by atoms with Crippen LogP contribution in [0.5, 0.6) is 0 Å². The van der Waals surface area contributed by atoms with Gasteiger partial charge in [-0.3, -0.25) is 14.9 Å². The van der Waals surface area contributed by atoms with Gasteiger partial charge in [0, 0.05) is 11.2 Å². The van der Waals surface area contributed by atoms with Gasteiger partial charge in [-0.2, -0.15) is 4.73 Å². The maximum absolute atomic E-state index is 12.6. The first-order chi connectivity index (χ1) is 14.0. The first-order valence-corrected chi connectivity index (χ1v) is 9.97. The molecule has 0 saturated heterocycles. The van der Waals surface area contributed by atoms with Gasteiger partial charge in [0.1, 0.15) is 12.2 Å². The van der Waals surface area contributed by atoms with E-state index in [0.717, 1.165) is 26.1 Å². The molecule has 2 heterocycles. The van der Waals surface area contributed by atoms with Crippen LogP contribution in [-0.4, -0.2) is 15.6 Å². The number of thiazole rings is 1. The number of carbonyl (C=O) groups is 1. The molecule has 1 N–H and O–H groups in total.